The third-order valence-electron chi connectivity index (χ3n) is 0.750. The smallest absolute Gasteiger partial charge is 0.174 e. The fourth-order valence-corrected chi connectivity index (χ4v) is 1.25. The highest BCUT2D eigenvalue weighted by Gasteiger charge is 1.92. The Balaban J connectivity index is 2.84. The number of hydrogen-bond donors (Lipinski definition) is 0. The van der Waals surface area contributed by atoms with E-state index in [1.165, 1.54) is 11.3 Å². The first-order valence-corrected chi connectivity index (χ1v) is 3.31. The third kappa shape index (κ3) is 1.14. The van der Waals surface area contributed by atoms with Crippen LogP contribution in [0.1, 0.15) is 0 Å². The van der Waals surface area contributed by atoms with E-state index < -0.39 is 0 Å². The molecule has 0 aromatic carbocycles. The van der Waals surface area contributed by atoms with E-state index in [0.717, 1.165) is 9.40 Å². The molecule has 0 N–H and O–H groups in total. The van der Waals surface area contributed by atoms with Gasteiger partial charge in [-0.1, -0.05) is 22.9 Å². The van der Waals surface area contributed by atoms with Crippen molar-refractivity contribution in [3.05, 3.63) is 16.5 Å². The van der Waals surface area contributed by atoms with Gasteiger partial charge < -0.3 is 4.74 Å². The standard InChI is InChI=1S/C5H5ClOS/c1-7-5-3-2-4(6)8-5/h2-3H,1H3. The van der Waals surface area contributed by atoms with Gasteiger partial charge in [0, 0.05) is 0 Å². The Morgan fingerprint density at radius 3 is 2.62 bits per heavy atom. The molecular weight excluding hydrogens is 144 g/mol. The molecule has 1 nitrogen and oxygen atoms in total. The number of thiophene rings is 1. The highest BCUT2D eigenvalue weighted by atomic mass is 35.5. The molecule has 44 valence electrons. The molecule has 0 aliphatic heterocycles. The molecule has 8 heavy (non-hydrogen) atoms. The maximum atomic E-state index is 5.58. The molecule has 3 heteroatoms. The summed E-state index contributed by atoms with van der Waals surface area (Å²) in [5, 5.41) is 0.856. The van der Waals surface area contributed by atoms with Crippen molar-refractivity contribution in [1.29, 1.82) is 0 Å². The van der Waals surface area contributed by atoms with Crippen LogP contribution in [0.3, 0.4) is 0 Å². The summed E-state index contributed by atoms with van der Waals surface area (Å²) < 4.78 is 5.63. The minimum Gasteiger partial charge on any atom is -0.487 e. The molecule has 0 aliphatic carbocycles. The summed E-state index contributed by atoms with van der Waals surface area (Å²) >= 11 is 7.01. The fraction of sp³-hybridized carbons (Fsp3) is 0.200. The molecule has 0 spiro atoms. The van der Waals surface area contributed by atoms with Crippen molar-refractivity contribution >= 4 is 22.9 Å². The molecule has 1 rings (SSSR count). The molecule has 0 fully saturated rings. The minimum atomic E-state index is 0.766. The largest absolute Gasteiger partial charge is 0.487 e. The highest BCUT2D eigenvalue weighted by Crippen LogP contribution is 2.27. The number of ether oxygens (including phenoxy) is 1. The molecule has 1 aromatic heterocycles. The van der Waals surface area contributed by atoms with Crippen molar-refractivity contribution in [2.75, 3.05) is 7.11 Å². The lowest BCUT2D eigenvalue weighted by Gasteiger charge is -1.86. The van der Waals surface area contributed by atoms with E-state index in [2.05, 4.69) is 0 Å². The van der Waals surface area contributed by atoms with Gasteiger partial charge in [0.2, 0.25) is 0 Å². The average Bonchev–Trinajstić information content (AvgIpc) is 2.14. The van der Waals surface area contributed by atoms with Crippen LogP contribution in [-0.2, 0) is 0 Å². The van der Waals surface area contributed by atoms with E-state index in [-0.39, 0.29) is 0 Å². The zero-order valence-electron chi connectivity index (χ0n) is 4.35. The molecule has 0 atom stereocenters. The van der Waals surface area contributed by atoms with Crippen molar-refractivity contribution < 1.29 is 4.74 Å². The molecule has 0 aliphatic rings. The number of halogens is 1. The second kappa shape index (κ2) is 2.37. The Morgan fingerprint density at radius 1 is 1.62 bits per heavy atom. The first-order valence-electron chi connectivity index (χ1n) is 2.12. The van der Waals surface area contributed by atoms with Gasteiger partial charge in [-0.3, -0.25) is 0 Å². The summed E-state index contributed by atoms with van der Waals surface area (Å²) in [5.41, 5.74) is 0. The average molecular weight is 149 g/mol. The van der Waals surface area contributed by atoms with Crippen LogP contribution in [0.25, 0.3) is 0 Å². The van der Waals surface area contributed by atoms with Gasteiger partial charge in [0.15, 0.2) is 5.06 Å². The zero-order chi connectivity index (χ0) is 5.98. The van der Waals surface area contributed by atoms with Crippen LogP contribution >= 0.6 is 22.9 Å². The van der Waals surface area contributed by atoms with Crippen LogP contribution in [0.2, 0.25) is 4.34 Å². The van der Waals surface area contributed by atoms with E-state index in [9.17, 15) is 0 Å². The van der Waals surface area contributed by atoms with Gasteiger partial charge >= 0.3 is 0 Å². The van der Waals surface area contributed by atoms with E-state index in [1.807, 2.05) is 12.1 Å². The Kier molecular flexibility index (Phi) is 1.76. The van der Waals surface area contributed by atoms with Gasteiger partial charge in [0.05, 0.1) is 11.4 Å². The highest BCUT2D eigenvalue weighted by molar-refractivity contribution is 7.17. The fourth-order valence-electron chi connectivity index (χ4n) is 0.407. The summed E-state index contributed by atoms with van der Waals surface area (Å²) in [4.78, 5) is 0. The molecule has 1 heterocycles. The lowest BCUT2D eigenvalue weighted by atomic mass is 10.7. The lowest BCUT2D eigenvalue weighted by molar-refractivity contribution is 0.427. The first-order chi connectivity index (χ1) is 3.83. The summed E-state index contributed by atoms with van der Waals surface area (Å²) in [6.07, 6.45) is 0. The maximum Gasteiger partial charge on any atom is 0.174 e. The number of rotatable bonds is 1. The first kappa shape index (κ1) is 5.92. The SMILES string of the molecule is COc1ccc(Cl)s1. The zero-order valence-corrected chi connectivity index (χ0v) is 5.92. The van der Waals surface area contributed by atoms with Crippen LogP contribution in [0.15, 0.2) is 12.1 Å². The lowest BCUT2D eigenvalue weighted by Crippen LogP contribution is -1.73. The number of hydrogen-bond acceptors (Lipinski definition) is 2. The second-order valence-electron chi connectivity index (χ2n) is 1.26. The topological polar surface area (TPSA) is 9.23 Å². The maximum absolute atomic E-state index is 5.58. The van der Waals surface area contributed by atoms with Crippen molar-refractivity contribution in [2.24, 2.45) is 0 Å². The Bertz CT molecular complexity index is 173. The predicted molar refractivity (Wildman–Crippen MR) is 35.9 cm³/mol. The molecule has 0 saturated carbocycles. The van der Waals surface area contributed by atoms with Gasteiger partial charge in [0.1, 0.15) is 0 Å². The van der Waals surface area contributed by atoms with Gasteiger partial charge in [0.25, 0.3) is 0 Å². The molecule has 0 unspecified atom stereocenters. The van der Waals surface area contributed by atoms with Crippen LogP contribution in [0.4, 0.5) is 0 Å². The second-order valence-corrected chi connectivity index (χ2v) is 2.94. The molecular formula is C5H5ClOS. The number of methoxy groups -OCH3 is 1. The van der Waals surface area contributed by atoms with E-state index in [4.69, 9.17) is 16.3 Å². The normalized spacial score (nSPS) is 9.25. The Hall–Kier alpha value is -0.210. The van der Waals surface area contributed by atoms with Crippen molar-refractivity contribution in [1.82, 2.24) is 0 Å². The Labute approximate surface area is 56.9 Å². The molecule has 0 bridgehead atoms. The van der Waals surface area contributed by atoms with Crippen LogP contribution in [0, 0.1) is 0 Å². The van der Waals surface area contributed by atoms with Gasteiger partial charge in [-0.2, -0.15) is 0 Å². The predicted octanol–water partition coefficient (Wildman–Crippen LogP) is 2.41. The molecule has 0 amide bonds. The molecule has 0 saturated heterocycles. The summed E-state index contributed by atoms with van der Waals surface area (Å²) in [6, 6.07) is 3.65. The third-order valence-corrected chi connectivity index (χ3v) is 1.94. The van der Waals surface area contributed by atoms with E-state index >= 15 is 0 Å². The molecule has 0 radical (unpaired) electrons. The van der Waals surface area contributed by atoms with Crippen molar-refractivity contribution in [3.63, 3.8) is 0 Å². The summed E-state index contributed by atoms with van der Waals surface area (Å²) in [7, 11) is 1.63. The van der Waals surface area contributed by atoms with Crippen LogP contribution in [0.5, 0.6) is 5.06 Å². The van der Waals surface area contributed by atoms with Crippen LogP contribution in [-0.4, -0.2) is 7.11 Å². The van der Waals surface area contributed by atoms with E-state index in [0.29, 0.717) is 0 Å². The van der Waals surface area contributed by atoms with Gasteiger partial charge in [-0.15, -0.1) is 0 Å². The monoisotopic (exact) mass is 148 g/mol. The Morgan fingerprint density at radius 2 is 2.38 bits per heavy atom. The summed E-state index contributed by atoms with van der Waals surface area (Å²) in [6.45, 7) is 0. The van der Waals surface area contributed by atoms with Crippen molar-refractivity contribution in [3.8, 4) is 5.06 Å². The van der Waals surface area contributed by atoms with Gasteiger partial charge in [-0.05, 0) is 12.1 Å². The van der Waals surface area contributed by atoms with E-state index in [1.54, 1.807) is 7.11 Å². The quantitative estimate of drug-likeness (QED) is 0.595. The van der Waals surface area contributed by atoms with Crippen LogP contribution < -0.4 is 4.74 Å². The minimum absolute atomic E-state index is 0.766. The van der Waals surface area contributed by atoms with Crippen molar-refractivity contribution in [2.45, 2.75) is 0 Å². The summed E-state index contributed by atoms with van der Waals surface area (Å²) in [5.74, 6) is 0. The van der Waals surface area contributed by atoms with Gasteiger partial charge in [-0.25, -0.2) is 0 Å². The molecule has 1 aromatic rings.